The average molecular weight is 359 g/mol. The number of carbonyl (C=O) groups excluding carboxylic acids is 1. The summed E-state index contributed by atoms with van der Waals surface area (Å²) >= 11 is 3.36. The number of carboxylic acid groups (broad SMARTS) is 1. The van der Waals surface area contributed by atoms with Crippen LogP contribution >= 0.6 is 22.7 Å². The number of amides is 1. The van der Waals surface area contributed by atoms with Crippen LogP contribution in [0.1, 0.15) is 11.3 Å². The summed E-state index contributed by atoms with van der Waals surface area (Å²) in [6.45, 7) is 0.457. The number of carboxylic acids is 1. The molecule has 0 saturated heterocycles. The minimum Gasteiger partial charge on any atom is -0.481 e. The van der Waals surface area contributed by atoms with Crippen LogP contribution in [0.3, 0.4) is 0 Å². The van der Waals surface area contributed by atoms with E-state index in [1.54, 1.807) is 22.7 Å². The number of allylic oxidation sites excluding steroid dienone is 2. The molecule has 1 saturated carbocycles. The Labute approximate surface area is 147 Å². The fraction of sp³-hybridized carbons (Fsp3) is 0.333. The van der Waals surface area contributed by atoms with Crippen molar-refractivity contribution in [3.05, 3.63) is 46.7 Å². The molecule has 124 valence electrons. The van der Waals surface area contributed by atoms with Gasteiger partial charge in [0, 0.05) is 14.6 Å². The average Bonchev–Trinajstić information content (AvgIpc) is 3.35. The summed E-state index contributed by atoms with van der Waals surface area (Å²) in [5.74, 6) is -1.93. The molecule has 0 unspecified atom stereocenters. The molecule has 1 amide bonds. The van der Waals surface area contributed by atoms with Gasteiger partial charge < -0.3 is 10.4 Å². The molecule has 2 bridgehead atoms. The summed E-state index contributed by atoms with van der Waals surface area (Å²) in [5.41, 5.74) is 0. The van der Waals surface area contributed by atoms with Crippen molar-refractivity contribution in [2.75, 3.05) is 0 Å². The summed E-state index contributed by atoms with van der Waals surface area (Å²) in [4.78, 5) is 27.6. The van der Waals surface area contributed by atoms with E-state index in [1.165, 1.54) is 9.75 Å². The molecule has 6 heteroatoms. The highest BCUT2D eigenvalue weighted by Crippen LogP contribution is 2.48. The van der Waals surface area contributed by atoms with Crippen molar-refractivity contribution in [1.82, 2.24) is 5.32 Å². The number of rotatable bonds is 5. The van der Waals surface area contributed by atoms with Gasteiger partial charge in [-0.1, -0.05) is 18.2 Å². The van der Waals surface area contributed by atoms with E-state index in [1.807, 2.05) is 29.7 Å². The van der Waals surface area contributed by atoms with Gasteiger partial charge in [0.25, 0.3) is 0 Å². The zero-order valence-corrected chi connectivity index (χ0v) is 14.5. The van der Waals surface area contributed by atoms with Crippen LogP contribution in [0.15, 0.2) is 41.8 Å². The van der Waals surface area contributed by atoms with Crippen molar-refractivity contribution in [2.24, 2.45) is 23.7 Å². The SMILES string of the molecule is O=C(NCc1ccc(-c2cccs2)s1)[C@@H]1[C@H](C(=O)O)[C@H]2C=C[C@H]1C2. The number of carbonyl (C=O) groups is 2. The van der Waals surface area contributed by atoms with E-state index in [0.29, 0.717) is 6.54 Å². The van der Waals surface area contributed by atoms with Crippen molar-refractivity contribution in [2.45, 2.75) is 13.0 Å². The maximum Gasteiger partial charge on any atom is 0.307 e. The second-order valence-electron chi connectivity index (χ2n) is 6.30. The molecule has 0 aliphatic heterocycles. The molecule has 4 rings (SSSR count). The molecule has 2 aliphatic carbocycles. The molecule has 0 spiro atoms. The van der Waals surface area contributed by atoms with Crippen LogP contribution in [0, 0.1) is 23.7 Å². The monoisotopic (exact) mass is 359 g/mol. The molecular formula is C18H17NO3S2. The Morgan fingerprint density at radius 1 is 1.12 bits per heavy atom. The normalized spacial score (nSPS) is 27.5. The van der Waals surface area contributed by atoms with Gasteiger partial charge in [0.1, 0.15) is 0 Å². The molecular weight excluding hydrogens is 342 g/mol. The van der Waals surface area contributed by atoms with E-state index in [0.717, 1.165) is 11.3 Å². The first-order valence-corrected chi connectivity index (χ1v) is 9.64. The number of hydrogen-bond acceptors (Lipinski definition) is 4. The van der Waals surface area contributed by atoms with E-state index in [9.17, 15) is 14.7 Å². The van der Waals surface area contributed by atoms with Crippen LogP contribution in [0.4, 0.5) is 0 Å². The molecule has 2 aliphatic rings. The molecule has 24 heavy (non-hydrogen) atoms. The van der Waals surface area contributed by atoms with Gasteiger partial charge in [-0.2, -0.15) is 0 Å². The predicted octanol–water partition coefficient (Wildman–Crippen LogP) is 3.62. The fourth-order valence-corrected chi connectivity index (χ4v) is 5.61. The first kappa shape index (κ1) is 15.6. The van der Waals surface area contributed by atoms with E-state index < -0.39 is 17.8 Å². The molecule has 4 atom stereocenters. The first-order chi connectivity index (χ1) is 11.6. The van der Waals surface area contributed by atoms with Crippen molar-refractivity contribution in [1.29, 1.82) is 0 Å². The Hall–Kier alpha value is -1.92. The number of aliphatic carboxylic acids is 1. The quantitative estimate of drug-likeness (QED) is 0.802. The lowest BCUT2D eigenvalue weighted by Crippen LogP contribution is -2.39. The standard InChI is InChI=1S/C18H17NO3S2/c20-17(15-10-3-4-11(8-10)16(15)18(21)22)19-9-12-5-6-14(24-12)13-2-1-7-23-13/h1-7,10-11,15-16H,8-9H2,(H,19,20)(H,21,22)/t10-,11-,15-,16+/m0/s1. The maximum atomic E-state index is 12.6. The first-order valence-electron chi connectivity index (χ1n) is 7.95. The lowest BCUT2D eigenvalue weighted by atomic mass is 9.82. The molecule has 2 heterocycles. The Kier molecular flexibility index (Phi) is 4.02. The molecule has 2 aromatic heterocycles. The molecule has 4 nitrogen and oxygen atoms in total. The summed E-state index contributed by atoms with van der Waals surface area (Å²) in [5, 5.41) is 14.4. The zero-order valence-electron chi connectivity index (χ0n) is 12.8. The Morgan fingerprint density at radius 3 is 2.62 bits per heavy atom. The van der Waals surface area contributed by atoms with Crippen LogP contribution in [-0.2, 0) is 16.1 Å². The van der Waals surface area contributed by atoms with Crippen LogP contribution in [-0.4, -0.2) is 17.0 Å². The van der Waals surface area contributed by atoms with E-state index >= 15 is 0 Å². The lowest BCUT2D eigenvalue weighted by molar-refractivity contribution is -0.147. The van der Waals surface area contributed by atoms with Crippen molar-refractivity contribution < 1.29 is 14.7 Å². The van der Waals surface area contributed by atoms with Gasteiger partial charge in [0.05, 0.1) is 18.4 Å². The van der Waals surface area contributed by atoms with Gasteiger partial charge in [-0.3, -0.25) is 9.59 Å². The van der Waals surface area contributed by atoms with Gasteiger partial charge in [0.2, 0.25) is 5.91 Å². The molecule has 2 N–H and O–H groups in total. The zero-order chi connectivity index (χ0) is 16.7. The van der Waals surface area contributed by atoms with Crippen molar-refractivity contribution in [3.8, 4) is 9.75 Å². The number of fused-ring (bicyclic) bond motifs is 2. The minimum atomic E-state index is -0.858. The predicted molar refractivity (Wildman–Crippen MR) is 94.8 cm³/mol. The third-order valence-electron chi connectivity index (χ3n) is 4.91. The van der Waals surface area contributed by atoms with Crippen LogP contribution in [0.25, 0.3) is 9.75 Å². The smallest absolute Gasteiger partial charge is 0.307 e. The molecule has 0 radical (unpaired) electrons. The molecule has 2 aromatic rings. The van der Waals surface area contributed by atoms with Crippen LogP contribution in [0.5, 0.6) is 0 Å². The third kappa shape index (κ3) is 2.70. The van der Waals surface area contributed by atoms with E-state index in [-0.39, 0.29) is 17.7 Å². The second kappa shape index (κ2) is 6.18. The van der Waals surface area contributed by atoms with Gasteiger partial charge >= 0.3 is 5.97 Å². The van der Waals surface area contributed by atoms with Gasteiger partial charge in [0.15, 0.2) is 0 Å². The molecule has 1 fully saturated rings. The van der Waals surface area contributed by atoms with Crippen LogP contribution in [0.2, 0.25) is 0 Å². The van der Waals surface area contributed by atoms with E-state index in [2.05, 4.69) is 17.4 Å². The Balaban J connectivity index is 1.42. The van der Waals surface area contributed by atoms with E-state index in [4.69, 9.17) is 0 Å². The second-order valence-corrected chi connectivity index (χ2v) is 8.42. The van der Waals surface area contributed by atoms with Gasteiger partial charge in [-0.25, -0.2) is 0 Å². The largest absolute Gasteiger partial charge is 0.481 e. The summed E-state index contributed by atoms with van der Waals surface area (Å²) in [6.07, 6.45) is 4.75. The lowest BCUT2D eigenvalue weighted by Gasteiger charge is -2.23. The van der Waals surface area contributed by atoms with Crippen molar-refractivity contribution in [3.63, 3.8) is 0 Å². The third-order valence-corrected chi connectivity index (χ3v) is 7.06. The highest BCUT2D eigenvalue weighted by molar-refractivity contribution is 7.21. The Morgan fingerprint density at radius 2 is 1.92 bits per heavy atom. The molecule has 0 aromatic carbocycles. The summed E-state index contributed by atoms with van der Waals surface area (Å²) in [7, 11) is 0. The van der Waals surface area contributed by atoms with Crippen molar-refractivity contribution >= 4 is 34.6 Å². The Bertz CT molecular complexity index is 793. The highest BCUT2D eigenvalue weighted by atomic mass is 32.1. The summed E-state index contributed by atoms with van der Waals surface area (Å²) in [6, 6.07) is 8.20. The number of thiophene rings is 2. The number of hydrogen-bond donors (Lipinski definition) is 2. The van der Waals surface area contributed by atoms with Gasteiger partial charge in [-0.05, 0) is 41.8 Å². The number of nitrogens with one attached hydrogen (secondary N) is 1. The fourth-order valence-electron chi connectivity index (χ4n) is 3.83. The topological polar surface area (TPSA) is 66.4 Å². The minimum absolute atomic E-state index is 0.00965. The van der Waals surface area contributed by atoms with Crippen LogP contribution < -0.4 is 5.32 Å². The maximum absolute atomic E-state index is 12.6. The highest BCUT2D eigenvalue weighted by Gasteiger charge is 2.51. The van der Waals surface area contributed by atoms with Gasteiger partial charge in [-0.15, -0.1) is 22.7 Å². The summed E-state index contributed by atoms with van der Waals surface area (Å²) < 4.78 is 0.